The van der Waals surface area contributed by atoms with E-state index in [0.717, 1.165) is 43.7 Å². The molecule has 5 heteroatoms. The van der Waals surface area contributed by atoms with Crippen LogP contribution in [-0.4, -0.2) is 38.2 Å². The van der Waals surface area contributed by atoms with Crippen LogP contribution >= 0.6 is 11.6 Å². The van der Waals surface area contributed by atoms with E-state index >= 15 is 0 Å². The van der Waals surface area contributed by atoms with E-state index in [1.54, 1.807) is 19.2 Å². The normalized spacial score (nSPS) is 17.3. The van der Waals surface area contributed by atoms with Gasteiger partial charge in [-0.05, 0) is 48.9 Å². The standard InChI is InChI=1S/C19H22ClFN2O/c1-24-18-8-7-16(21)13-17(18)19(14-3-5-15(20)6-4-14)23-11-2-9-22-10-12-23/h3-8,13,19,22H,2,9-12H2,1H3. The average molecular weight is 349 g/mol. The summed E-state index contributed by atoms with van der Waals surface area (Å²) in [6.45, 7) is 3.76. The number of benzene rings is 2. The predicted octanol–water partition coefficient (Wildman–Crippen LogP) is 3.87. The van der Waals surface area contributed by atoms with Crippen LogP contribution in [-0.2, 0) is 0 Å². The topological polar surface area (TPSA) is 24.5 Å². The first-order chi connectivity index (χ1) is 11.7. The SMILES string of the molecule is COc1ccc(F)cc1C(c1ccc(Cl)cc1)N1CCCNCC1. The highest BCUT2D eigenvalue weighted by Gasteiger charge is 2.26. The lowest BCUT2D eigenvalue weighted by Crippen LogP contribution is -2.33. The second-order valence-electron chi connectivity index (χ2n) is 5.98. The number of rotatable bonds is 4. The maximum Gasteiger partial charge on any atom is 0.124 e. The van der Waals surface area contributed by atoms with Crippen molar-refractivity contribution in [2.45, 2.75) is 12.5 Å². The minimum atomic E-state index is -0.252. The van der Waals surface area contributed by atoms with E-state index in [0.29, 0.717) is 10.8 Å². The van der Waals surface area contributed by atoms with Crippen LogP contribution in [0.4, 0.5) is 4.39 Å². The summed E-state index contributed by atoms with van der Waals surface area (Å²) in [6, 6.07) is 12.4. The van der Waals surface area contributed by atoms with Gasteiger partial charge >= 0.3 is 0 Å². The highest BCUT2D eigenvalue weighted by molar-refractivity contribution is 6.30. The Kier molecular flexibility index (Phi) is 5.72. The summed E-state index contributed by atoms with van der Waals surface area (Å²) in [5.41, 5.74) is 1.94. The summed E-state index contributed by atoms with van der Waals surface area (Å²) in [6.07, 6.45) is 1.06. The molecule has 2 aromatic rings. The summed E-state index contributed by atoms with van der Waals surface area (Å²) in [4.78, 5) is 2.38. The van der Waals surface area contributed by atoms with Gasteiger partial charge in [0.25, 0.3) is 0 Å². The number of nitrogens with one attached hydrogen (secondary N) is 1. The van der Waals surface area contributed by atoms with Crippen LogP contribution in [0, 0.1) is 5.82 Å². The highest BCUT2D eigenvalue weighted by atomic mass is 35.5. The number of hydrogen-bond donors (Lipinski definition) is 1. The molecule has 1 heterocycles. The van der Waals surface area contributed by atoms with Crippen molar-refractivity contribution < 1.29 is 9.13 Å². The van der Waals surface area contributed by atoms with E-state index in [2.05, 4.69) is 10.2 Å². The van der Waals surface area contributed by atoms with Gasteiger partial charge in [-0.2, -0.15) is 0 Å². The Morgan fingerprint density at radius 1 is 1.12 bits per heavy atom. The lowest BCUT2D eigenvalue weighted by Gasteiger charge is -2.32. The summed E-state index contributed by atoms with van der Waals surface area (Å²) in [5, 5.41) is 4.11. The number of nitrogens with zero attached hydrogens (tertiary/aromatic N) is 1. The zero-order chi connectivity index (χ0) is 16.9. The van der Waals surface area contributed by atoms with Crippen LogP contribution in [0.3, 0.4) is 0 Å². The third-order valence-corrected chi connectivity index (χ3v) is 4.66. The molecule has 3 nitrogen and oxygen atoms in total. The maximum atomic E-state index is 14.0. The Morgan fingerprint density at radius 3 is 2.67 bits per heavy atom. The van der Waals surface area contributed by atoms with E-state index < -0.39 is 0 Å². The number of halogens is 2. The first-order valence-electron chi connectivity index (χ1n) is 8.22. The Balaban J connectivity index is 2.07. The van der Waals surface area contributed by atoms with E-state index in [9.17, 15) is 4.39 Å². The quantitative estimate of drug-likeness (QED) is 0.907. The molecule has 1 fully saturated rings. The van der Waals surface area contributed by atoms with Crippen LogP contribution < -0.4 is 10.1 Å². The van der Waals surface area contributed by atoms with Gasteiger partial charge in [0.05, 0.1) is 13.2 Å². The molecule has 1 aliphatic rings. The fraction of sp³-hybridized carbons (Fsp3) is 0.368. The van der Waals surface area contributed by atoms with Gasteiger partial charge < -0.3 is 10.1 Å². The Labute approximate surface area is 147 Å². The van der Waals surface area contributed by atoms with Crippen molar-refractivity contribution in [3.8, 4) is 5.75 Å². The van der Waals surface area contributed by atoms with Crippen LogP contribution in [0.25, 0.3) is 0 Å². The molecule has 1 aliphatic heterocycles. The molecule has 3 rings (SSSR count). The molecular weight excluding hydrogens is 327 g/mol. The maximum absolute atomic E-state index is 14.0. The van der Waals surface area contributed by atoms with Gasteiger partial charge in [0.2, 0.25) is 0 Å². The van der Waals surface area contributed by atoms with Gasteiger partial charge in [-0.1, -0.05) is 23.7 Å². The van der Waals surface area contributed by atoms with Crippen LogP contribution in [0.5, 0.6) is 5.75 Å². The Bertz CT molecular complexity index is 670. The average Bonchev–Trinajstić information content (AvgIpc) is 2.86. The van der Waals surface area contributed by atoms with Crippen molar-refractivity contribution in [2.24, 2.45) is 0 Å². The minimum absolute atomic E-state index is 0.0622. The van der Waals surface area contributed by atoms with Gasteiger partial charge in [0.15, 0.2) is 0 Å². The molecule has 128 valence electrons. The van der Waals surface area contributed by atoms with Crippen molar-refractivity contribution >= 4 is 11.6 Å². The number of methoxy groups -OCH3 is 1. The van der Waals surface area contributed by atoms with E-state index in [4.69, 9.17) is 16.3 Å². The molecule has 0 aromatic heterocycles. The largest absolute Gasteiger partial charge is 0.496 e. The molecule has 0 aliphatic carbocycles. The van der Waals surface area contributed by atoms with Crippen molar-refractivity contribution in [1.82, 2.24) is 10.2 Å². The third-order valence-electron chi connectivity index (χ3n) is 4.41. The zero-order valence-electron chi connectivity index (χ0n) is 13.8. The van der Waals surface area contributed by atoms with Crippen molar-refractivity contribution in [1.29, 1.82) is 0 Å². The molecule has 0 saturated carbocycles. The predicted molar refractivity (Wildman–Crippen MR) is 95.3 cm³/mol. The van der Waals surface area contributed by atoms with Crippen LogP contribution in [0.15, 0.2) is 42.5 Å². The Hall–Kier alpha value is -1.62. The monoisotopic (exact) mass is 348 g/mol. The number of hydrogen-bond acceptors (Lipinski definition) is 3. The zero-order valence-corrected chi connectivity index (χ0v) is 14.5. The molecule has 1 unspecified atom stereocenters. The molecule has 0 radical (unpaired) electrons. The molecule has 1 N–H and O–H groups in total. The molecule has 2 aromatic carbocycles. The van der Waals surface area contributed by atoms with E-state index in [1.165, 1.54) is 6.07 Å². The van der Waals surface area contributed by atoms with Gasteiger partial charge in [-0.25, -0.2) is 4.39 Å². The lowest BCUT2D eigenvalue weighted by atomic mass is 9.95. The Morgan fingerprint density at radius 2 is 1.92 bits per heavy atom. The summed E-state index contributed by atoms with van der Waals surface area (Å²) in [5.74, 6) is 0.450. The smallest absolute Gasteiger partial charge is 0.124 e. The fourth-order valence-electron chi connectivity index (χ4n) is 3.28. The van der Waals surface area contributed by atoms with Gasteiger partial charge in [-0.3, -0.25) is 4.90 Å². The minimum Gasteiger partial charge on any atom is -0.496 e. The van der Waals surface area contributed by atoms with Crippen molar-refractivity contribution in [3.63, 3.8) is 0 Å². The second kappa shape index (κ2) is 7.97. The van der Waals surface area contributed by atoms with Gasteiger partial charge in [0.1, 0.15) is 11.6 Å². The first kappa shape index (κ1) is 17.2. The molecule has 1 atom stereocenters. The van der Waals surface area contributed by atoms with Gasteiger partial charge in [-0.15, -0.1) is 0 Å². The van der Waals surface area contributed by atoms with E-state index in [-0.39, 0.29) is 11.9 Å². The molecule has 0 bridgehead atoms. The number of ether oxygens (including phenoxy) is 1. The van der Waals surface area contributed by atoms with Crippen molar-refractivity contribution in [3.05, 3.63) is 64.4 Å². The van der Waals surface area contributed by atoms with Crippen LogP contribution in [0.2, 0.25) is 5.02 Å². The first-order valence-corrected chi connectivity index (χ1v) is 8.60. The van der Waals surface area contributed by atoms with Crippen molar-refractivity contribution in [2.75, 3.05) is 33.3 Å². The molecule has 0 amide bonds. The fourth-order valence-corrected chi connectivity index (χ4v) is 3.40. The molecule has 0 spiro atoms. The van der Waals surface area contributed by atoms with E-state index in [1.807, 2.05) is 24.3 Å². The lowest BCUT2D eigenvalue weighted by molar-refractivity contribution is 0.236. The summed E-state index contributed by atoms with van der Waals surface area (Å²) >= 11 is 6.05. The molecule has 24 heavy (non-hydrogen) atoms. The second-order valence-corrected chi connectivity index (χ2v) is 6.42. The molecular formula is C19H22ClFN2O. The summed E-state index contributed by atoms with van der Waals surface area (Å²) < 4.78 is 19.5. The van der Waals surface area contributed by atoms with Crippen LogP contribution in [0.1, 0.15) is 23.6 Å². The highest BCUT2D eigenvalue weighted by Crippen LogP contribution is 2.36. The summed E-state index contributed by atoms with van der Waals surface area (Å²) in [7, 11) is 1.62. The van der Waals surface area contributed by atoms with Gasteiger partial charge in [0, 0.05) is 30.2 Å². The third kappa shape index (κ3) is 3.89. The molecule has 1 saturated heterocycles.